The number of esters is 1. The van der Waals surface area contributed by atoms with Crippen molar-refractivity contribution in [2.75, 3.05) is 20.8 Å². The summed E-state index contributed by atoms with van der Waals surface area (Å²) in [4.78, 5) is 31.2. The minimum atomic E-state index is -0.405. The predicted octanol–water partition coefficient (Wildman–Crippen LogP) is 5.26. The Morgan fingerprint density at radius 3 is 2.56 bits per heavy atom. The van der Waals surface area contributed by atoms with E-state index in [2.05, 4.69) is 4.99 Å². The maximum Gasteiger partial charge on any atom is 0.337 e. The molecule has 32 heavy (non-hydrogen) atoms. The van der Waals surface area contributed by atoms with Crippen LogP contribution in [-0.4, -0.2) is 42.7 Å². The second-order valence-electron chi connectivity index (χ2n) is 7.04. The van der Waals surface area contributed by atoms with E-state index in [1.807, 2.05) is 49.4 Å². The maximum atomic E-state index is 13.0. The Morgan fingerprint density at radius 1 is 1.09 bits per heavy atom. The number of nitrogens with zero attached hydrogens (tertiary/aromatic N) is 2. The third-order valence-electron chi connectivity index (χ3n) is 5.02. The third kappa shape index (κ3) is 4.24. The van der Waals surface area contributed by atoms with Gasteiger partial charge in [0.1, 0.15) is 5.75 Å². The fourth-order valence-electron chi connectivity index (χ4n) is 3.39. The van der Waals surface area contributed by atoms with E-state index in [4.69, 9.17) is 9.47 Å². The SMILES string of the molecule is CCOc1ccc2ccccc2c1/C=C1\SC(=Nc2ccc(C(=O)OC)cc2)N(C)C1=O. The van der Waals surface area contributed by atoms with Gasteiger partial charge in [-0.25, -0.2) is 9.79 Å². The number of methoxy groups -OCH3 is 1. The van der Waals surface area contributed by atoms with Gasteiger partial charge in [0.25, 0.3) is 5.91 Å². The van der Waals surface area contributed by atoms with Crippen LogP contribution < -0.4 is 4.74 Å². The van der Waals surface area contributed by atoms with Gasteiger partial charge in [0.05, 0.1) is 29.9 Å². The quantitative estimate of drug-likeness (QED) is 0.395. The molecule has 4 rings (SSSR count). The summed E-state index contributed by atoms with van der Waals surface area (Å²) in [6, 6.07) is 18.7. The lowest BCUT2D eigenvalue weighted by molar-refractivity contribution is -0.121. The molecule has 0 atom stereocenters. The van der Waals surface area contributed by atoms with E-state index in [0.29, 0.717) is 27.9 Å². The number of hydrogen-bond donors (Lipinski definition) is 0. The Kier molecular flexibility index (Phi) is 6.28. The highest BCUT2D eigenvalue weighted by Crippen LogP contribution is 2.37. The minimum Gasteiger partial charge on any atom is -0.493 e. The molecule has 0 aromatic heterocycles. The van der Waals surface area contributed by atoms with E-state index in [1.54, 1.807) is 31.3 Å². The van der Waals surface area contributed by atoms with Gasteiger partial charge in [-0.15, -0.1) is 0 Å². The predicted molar refractivity (Wildman–Crippen MR) is 128 cm³/mol. The van der Waals surface area contributed by atoms with Gasteiger partial charge in [-0.1, -0.05) is 30.3 Å². The normalized spacial score (nSPS) is 16.2. The van der Waals surface area contributed by atoms with Crippen molar-refractivity contribution in [3.8, 4) is 5.75 Å². The van der Waals surface area contributed by atoms with Gasteiger partial charge < -0.3 is 9.47 Å². The smallest absolute Gasteiger partial charge is 0.337 e. The number of carbonyl (C=O) groups is 2. The van der Waals surface area contributed by atoms with Gasteiger partial charge in [0.15, 0.2) is 5.17 Å². The molecule has 0 unspecified atom stereocenters. The van der Waals surface area contributed by atoms with Gasteiger partial charge in [-0.05, 0) is 65.9 Å². The van der Waals surface area contributed by atoms with E-state index in [9.17, 15) is 9.59 Å². The first kappa shape index (κ1) is 21.6. The highest BCUT2D eigenvalue weighted by molar-refractivity contribution is 8.18. The summed E-state index contributed by atoms with van der Waals surface area (Å²) in [7, 11) is 3.04. The van der Waals surface area contributed by atoms with Crippen molar-refractivity contribution in [1.29, 1.82) is 0 Å². The molecule has 1 aliphatic rings. The minimum absolute atomic E-state index is 0.129. The maximum absolute atomic E-state index is 13.0. The molecule has 3 aromatic carbocycles. The van der Waals surface area contributed by atoms with Crippen LogP contribution in [-0.2, 0) is 9.53 Å². The summed E-state index contributed by atoms with van der Waals surface area (Å²) >= 11 is 1.31. The third-order valence-corrected chi connectivity index (χ3v) is 6.08. The number of ether oxygens (including phenoxy) is 2. The molecular formula is C25H22N2O4S. The highest BCUT2D eigenvalue weighted by atomic mass is 32.2. The molecular weight excluding hydrogens is 424 g/mol. The Labute approximate surface area is 190 Å². The summed E-state index contributed by atoms with van der Waals surface area (Å²) in [5.41, 5.74) is 1.96. The summed E-state index contributed by atoms with van der Waals surface area (Å²) in [5, 5.41) is 2.65. The number of rotatable bonds is 5. The molecule has 1 saturated heterocycles. The van der Waals surface area contributed by atoms with Crippen molar-refractivity contribution >= 4 is 51.3 Å². The van der Waals surface area contributed by atoms with Gasteiger partial charge in [-0.3, -0.25) is 9.69 Å². The fraction of sp³-hybridized carbons (Fsp3) is 0.160. The van der Waals surface area contributed by atoms with Crippen LogP contribution in [0.4, 0.5) is 5.69 Å². The van der Waals surface area contributed by atoms with Crippen molar-refractivity contribution in [2.24, 2.45) is 4.99 Å². The van der Waals surface area contributed by atoms with Gasteiger partial charge in [0, 0.05) is 12.6 Å². The molecule has 0 N–H and O–H groups in total. The summed E-state index contributed by atoms with van der Waals surface area (Å²) in [6.07, 6.45) is 1.87. The number of hydrogen-bond acceptors (Lipinski definition) is 6. The summed E-state index contributed by atoms with van der Waals surface area (Å²) in [6.45, 7) is 2.47. The average Bonchev–Trinajstić information content (AvgIpc) is 3.08. The van der Waals surface area contributed by atoms with E-state index >= 15 is 0 Å². The first-order valence-electron chi connectivity index (χ1n) is 10.1. The highest BCUT2D eigenvalue weighted by Gasteiger charge is 2.31. The molecule has 6 nitrogen and oxygen atoms in total. The second-order valence-corrected chi connectivity index (χ2v) is 8.05. The molecule has 0 aliphatic carbocycles. The van der Waals surface area contributed by atoms with Crippen LogP contribution in [0.25, 0.3) is 16.8 Å². The molecule has 1 heterocycles. The van der Waals surface area contributed by atoms with Crippen molar-refractivity contribution in [2.45, 2.75) is 6.92 Å². The van der Waals surface area contributed by atoms with E-state index in [1.165, 1.54) is 23.8 Å². The van der Waals surface area contributed by atoms with Crippen molar-refractivity contribution < 1.29 is 19.1 Å². The second kappa shape index (κ2) is 9.28. The van der Waals surface area contributed by atoms with E-state index in [0.717, 1.165) is 22.1 Å². The topological polar surface area (TPSA) is 68.2 Å². The van der Waals surface area contributed by atoms with Crippen molar-refractivity contribution in [3.05, 3.63) is 76.7 Å². The number of thioether (sulfide) groups is 1. The first-order valence-corrected chi connectivity index (χ1v) is 10.9. The number of carbonyl (C=O) groups excluding carboxylic acids is 2. The average molecular weight is 447 g/mol. The zero-order valence-electron chi connectivity index (χ0n) is 18.0. The first-order chi connectivity index (χ1) is 15.5. The standard InChI is InChI=1S/C25H22N2O4S/c1-4-31-21-14-11-16-7-5-6-8-19(16)20(21)15-22-23(28)27(2)25(32-22)26-18-12-9-17(10-13-18)24(29)30-3/h5-15H,4H2,1-3H3/b22-15-,26-25?. The molecule has 0 spiro atoms. The number of amides is 1. The Morgan fingerprint density at radius 2 is 1.84 bits per heavy atom. The van der Waals surface area contributed by atoms with Gasteiger partial charge >= 0.3 is 5.97 Å². The molecule has 162 valence electrons. The lowest BCUT2D eigenvalue weighted by Gasteiger charge is -2.11. The van der Waals surface area contributed by atoms with Crippen molar-refractivity contribution in [1.82, 2.24) is 4.90 Å². The van der Waals surface area contributed by atoms with Crippen LogP contribution in [0.15, 0.2) is 70.6 Å². The summed E-state index contributed by atoms with van der Waals surface area (Å²) < 4.78 is 10.6. The van der Waals surface area contributed by atoms with Crippen LogP contribution in [0.3, 0.4) is 0 Å². The van der Waals surface area contributed by atoms with Crippen molar-refractivity contribution in [3.63, 3.8) is 0 Å². The van der Waals surface area contributed by atoms with E-state index < -0.39 is 5.97 Å². The van der Waals surface area contributed by atoms with Gasteiger partial charge in [0.2, 0.25) is 0 Å². The lowest BCUT2D eigenvalue weighted by atomic mass is 10.0. The number of benzene rings is 3. The molecule has 3 aromatic rings. The van der Waals surface area contributed by atoms with Crippen LogP contribution >= 0.6 is 11.8 Å². The summed E-state index contributed by atoms with van der Waals surface area (Å²) in [5.74, 6) is 0.200. The van der Waals surface area contributed by atoms with Crippen LogP contribution in [0.2, 0.25) is 0 Å². The Hall–Kier alpha value is -3.58. The van der Waals surface area contributed by atoms with Gasteiger partial charge in [-0.2, -0.15) is 0 Å². The molecule has 0 bridgehead atoms. The Balaban J connectivity index is 1.69. The molecule has 7 heteroatoms. The Bertz CT molecular complexity index is 1250. The lowest BCUT2D eigenvalue weighted by Crippen LogP contribution is -2.23. The monoisotopic (exact) mass is 446 g/mol. The van der Waals surface area contributed by atoms with E-state index in [-0.39, 0.29) is 5.91 Å². The molecule has 0 radical (unpaired) electrons. The molecule has 1 amide bonds. The fourth-order valence-corrected chi connectivity index (χ4v) is 4.36. The molecule has 0 saturated carbocycles. The zero-order valence-corrected chi connectivity index (χ0v) is 18.8. The number of amidine groups is 1. The number of aliphatic imine (C=N–C) groups is 1. The van der Waals surface area contributed by atoms with Crippen LogP contribution in [0.1, 0.15) is 22.8 Å². The largest absolute Gasteiger partial charge is 0.493 e. The van der Waals surface area contributed by atoms with Crippen LogP contribution in [0, 0.1) is 0 Å². The molecule has 1 fully saturated rings. The van der Waals surface area contributed by atoms with Crippen LogP contribution in [0.5, 0.6) is 5.75 Å². The zero-order chi connectivity index (χ0) is 22.7. The number of likely N-dealkylation sites (N-methyl/N-ethyl adjacent to an activating group) is 1. The number of fused-ring (bicyclic) bond motifs is 1. The molecule has 1 aliphatic heterocycles.